The first-order chi connectivity index (χ1) is 16.7. The molecule has 0 fully saturated rings. The predicted molar refractivity (Wildman–Crippen MR) is 128 cm³/mol. The van der Waals surface area contributed by atoms with E-state index in [1.165, 1.54) is 12.1 Å². The third-order valence-electron chi connectivity index (χ3n) is 6.43. The quantitative estimate of drug-likeness (QED) is 0.445. The van der Waals surface area contributed by atoms with E-state index < -0.39 is 29.8 Å². The fourth-order valence-electron chi connectivity index (χ4n) is 4.38. The molecular weight excluding hydrogens is 449 g/mol. The molecule has 0 spiro atoms. The first-order valence-corrected chi connectivity index (χ1v) is 11.5. The number of rotatable bonds is 9. The van der Waals surface area contributed by atoms with E-state index in [9.17, 15) is 29.0 Å². The number of imide groups is 1. The highest BCUT2D eigenvalue weighted by molar-refractivity contribution is 6.21. The number of halogens is 1. The lowest BCUT2D eigenvalue weighted by atomic mass is 9.93. The van der Waals surface area contributed by atoms with Crippen LogP contribution in [0.4, 0.5) is 4.39 Å². The van der Waals surface area contributed by atoms with Crippen molar-refractivity contribution >= 4 is 17.8 Å². The van der Waals surface area contributed by atoms with Crippen LogP contribution >= 0.6 is 0 Å². The summed E-state index contributed by atoms with van der Waals surface area (Å²) in [6, 6.07) is 18.8. The number of carboxylic acids is 1. The molecule has 2 atom stereocenters. The highest BCUT2D eigenvalue weighted by atomic mass is 19.1. The number of nitrogens with zero attached hydrogens (tertiary/aromatic N) is 1. The number of benzene rings is 3. The average molecular weight is 476 g/mol. The first-order valence-electron chi connectivity index (χ1n) is 11.5. The van der Waals surface area contributed by atoms with Gasteiger partial charge < -0.3 is 10.2 Å². The zero-order valence-electron chi connectivity index (χ0n) is 19.3. The van der Waals surface area contributed by atoms with Gasteiger partial charge in [0.1, 0.15) is 5.82 Å². The van der Waals surface area contributed by atoms with Crippen molar-refractivity contribution in [3.63, 3.8) is 0 Å². The molecule has 3 aromatic carbocycles. The van der Waals surface area contributed by atoms with Crippen LogP contribution < -0.4 is 0 Å². The van der Waals surface area contributed by atoms with Crippen LogP contribution in [0.3, 0.4) is 0 Å². The summed E-state index contributed by atoms with van der Waals surface area (Å²) in [6.07, 6.45) is -0.499. The summed E-state index contributed by atoms with van der Waals surface area (Å²) in [5.41, 5.74) is 4.23. The summed E-state index contributed by atoms with van der Waals surface area (Å²) in [7, 11) is 0. The van der Waals surface area contributed by atoms with Crippen molar-refractivity contribution in [3.8, 4) is 11.1 Å². The molecule has 4 rings (SSSR count). The van der Waals surface area contributed by atoms with Crippen LogP contribution in [0.15, 0.2) is 66.7 Å². The van der Waals surface area contributed by atoms with Crippen molar-refractivity contribution < 1.29 is 29.0 Å². The molecule has 2 amide bonds. The molecule has 2 N–H and O–H groups in total. The zero-order valence-corrected chi connectivity index (χ0v) is 19.3. The standard InChI is InChI=1S/C28H26FNO5/c1-17-2-12-22-24(16-17)27(33)30(26(22)32)15-14-23(28(34)35)25(31)13-5-18-3-6-19(7-4-18)20-8-10-21(29)11-9-20/h2-4,6-12,16,23,25,31H,5,13-15H2,1H3,(H,34,35)/t23-,25+/m0/s1. The Morgan fingerprint density at radius 3 is 2.11 bits per heavy atom. The van der Waals surface area contributed by atoms with Gasteiger partial charge in [-0.25, -0.2) is 4.39 Å². The molecule has 35 heavy (non-hydrogen) atoms. The van der Waals surface area contributed by atoms with Crippen molar-refractivity contribution in [1.29, 1.82) is 0 Å². The molecule has 3 aromatic rings. The lowest BCUT2D eigenvalue weighted by Gasteiger charge is -2.22. The summed E-state index contributed by atoms with van der Waals surface area (Å²) in [5, 5.41) is 20.3. The van der Waals surface area contributed by atoms with E-state index in [1.807, 2.05) is 31.2 Å². The number of aryl methyl sites for hydroxylation is 2. The second-order valence-electron chi connectivity index (χ2n) is 8.85. The van der Waals surface area contributed by atoms with E-state index in [0.717, 1.165) is 27.2 Å². The van der Waals surface area contributed by atoms with Crippen LogP contribution in [-0.4, -0.2) is 45.5 Å². The van der Waals surface area contributed by atoms with Crippen LogP contribution in [0.25, 0.3) is 11.1 Å². The molecule has 0 aromatic heterocycles. The van der Waals surface area contributed by atoms with Crippen molar-refractivity contribution in [1.82, 2.24) is 4.90 Å². The molecule has 6 nitrogen and oxygen atoms in total. The molecule has 0 radical (unpaired) electrons. The van der Waals surface area contributed by atoms with Gasteiger partial charge in [0, 0.05) is 6.54 Å². The Morgan fingerprint density at radius 1 is 0.886 bits per heavy atom. The van der Waals surface area contributed by atoms with Gasteiger partial charge in [-0.1, -0.05) is 48.0 Å². The molecule has 7 heteroatoms. The number of aliphatic hydroxyl groups is 1. The third-order valence-corrected chi connectivity index (χ3v) is 6.43. The van der Waals surface area contributed by atoms with Gasteiger partial charge in [-0.2, -0.15) is 0 Å². The molecule has 0 unspecified atom stereocenters. The van der Waals surface area contributed by atoms with E-state index in [4.69, 9.17) is 0 Å². The SMILES string of the molecule is Cc1ccc2c(c1)C(=O)N(CC[C@H](C(=O)O)[C@H](O)CCc1ccc(-c3ccc(F)cc3)cc1)C2=O. The zero-order chi connectivity index (χ0) is 25.1. The molecule has 0 bridgehead atoms. The Morgan fingerprint density at radius 2 is 1.49 bits per heavy atom. The monoisotopic (exact) mass is 475 g/mol. The molecular formula is C28H26FNO5. The van der Waals surface area contributed by atoms with Crippen LogP contribution in [-0.2, 0) is 11.2 Å². The minimum atomic E-state index is -1.17. The largest absolute Gasteiger partial charge is 0.481 e. The van der Waals surface area contributed by atoms with Crippen LogP contribution in [0, 0.1) is 18.7 Å². The van der Waals surface area contributed by atoms with Gasteiger partial charge in [0.05, 0.1) is 23.1 Å². The lowest BCUT2D eigenvalue weighted by Crippen LogP contribution is -2.36. The number of fused-ring (bicyclic) bond motifs is 1. The summed E-state index contributed by atoms with van der Waals surface area (Å²) in [6.45, 7) is 1.75. The van der Waals surface area contributed by atoms with Crippen LogP contribution in [0.2, 0.25) is 0 Å². The number of aliphatic hydroxyl groups excluding tert-OH is 1. The van der Waals surface area contributed by atoms with Gasteiger partial charge in [-0.15, -0.1) is 0 Å². The van der Waals surface area contributed by atoms with Gasteiger partial charge in [0.2, 0.25) is 0 Å². The van der Waals surface area contributed by atoms with Crippen LogP contribution in [0.1, 0.15) is 44.7 Å². The Labute approximate surface area is 202 Å². The van der Waals surface area contributed by atoms with Crippen molar-refractivity contribution in [2.24, 2.45) is 5.92 Å². The van der Waals surface area contributed by atoms with E-state index in [-0.39, 0.29) is 25.2 Å². The maximum absolute atomic E-state index is 13.1. The predicted octanol–water partition coefficient (Wildman–Crippen LogP) is 4.48. The van der Waals surface area contributed by atoms with Gasteiger partial charge in [0.25, 0.3) is 11.8 Å². The Hall–Kier alpha value is -3.84. The summed E-state index contributed by atoms with van der Waals surface area (Å²) in [4.78, 5) is 38.1. The summed E-state index contributed by atoms with van der Waals surface area (Å²) in [5.74, 6) is -3.46. The van der Waals surface area contributed by atoms with Crippen molar-refractivity contribution in [2.75, 3.05) is 6.54 Å². The molecule has 1 aliphatic rings. The number of hydrogen-bond acceptors (Lipinski definition) is 4. The van der Waals surface area contributed by atoms with E-state index in [1.54, 1.807) is 30.3 Å². The fourth-order valence-corrected chi connectivity index (χ4v) is 4.38. The Balaban J connectivity index is 1.35. The second kappa shape index (κ2) is 10.2. The second-order valence-corrected chi connectivity index (χ2v) is 8.85. The summed E-state index contributed by atoms with van der Waals surface area (Å²) < 4.78 is 13.1. The van der Waals surface area contributed by atoms with E-state index >= 15 is 0 Å². The van der Waals surface area contributed by atoms with Crippen molar-refractivity contribution in [3.05, 3.63) is 94.8 Å². The maximum atomic E-state index is 13.1. The fraction of sp³-hybridized carbons (Fsp3) is 0.250. The van der Waals surface area contributed by atoms with E-state index in [0.29, 0.717) is 17.5 Å². The first kappa shape index (κ1) is 24.3. The van der Waals surface area contributed by atoms with Crippen molar-refractivity contribution in [2.45, 2.75) is 32.3 Å². The van der Waals surface area contributed by atoms with Gasteiger partial charge in [-0.3, -0.25) is 19.3 Å². The van der Waals surface area contributed by atoms with E-state index in [2.05, 4.69) is 0 Å². The third kappa shape index (κ3) is 5.30. The average Bonchev–Trinajstić information content (AvgIpc) is 3.07. The number of carboxylic acid groups (broad SMARTS) is 1. The molecule has 0 aliphatic carbocycles. The number of hydrogen-bond donors (Lipinski definition) is 2. The highest BCUT2D eigenvalue weighted by Gasteiger charge is 2.37. The minimum absolute atomic E-state index is 0.0372. The molecule has 1 aliphatic heterocycles. The Bertz CT molecular complexity index is 1250. The van der Waals surface area contributed by atoms with Gasteiger partial charge in [-0.05, 0) is 67.1 Å². The molecule has 180 valence electrons. The van der Waals surface area contributed by atoms with Gasteiger partial charge in [0.15, 0.2) is 0 Å². The smallest absolute Gasteiger partial charge is 0.309 e. The number of carbonyl (C=O) groups is 3. The number of aliphatic carboxylic acids is 1. The number of amides is 2. The minimum Gasteiger partial charge on any atom is -0.481 e. The van der Waals surface area contributed by atoms with Gasteiger partial charge >= 0.3 is 5.97 Å². The molecule has 0 saturated carbocycles. The topological polar surface area (TPSA) is 94.9 Å². The maximum Gasteiger partial charge on any atom is 0.309 e. The van der Waals surface area contributed by atoms with Crippen LogP contribution in [0.5, 0.6) is 0 Å². The highest BCUT2D eigenvalue weighted by Crippen LogP contribution is 2.26. The summed E-state index contributed by atoms with van der Waals surface area (Å²) >= 11 is 0. The number of carbonyl (C=O) groups excluding carboxylic acids is 2. The normalized spacial score (nSPS) is 14.7. The lowest BCUT2D eigenvalue weighted by molar-refractivity contribution is -0.146. The molecule has 1 heterocycles. The molecule has 0 saturated heterocycles. The Kier molecular flexibility index (Phi) is 7.07.